The van der Waals surface area contributed by atoms with Crippen molar-refractivity contribution in [3.8, 4) is 0 Å². The molecular formula is C9H13NO. The van der Waals surface area contributed by atoms with E-state index in [9.17, 15) is 4.79 Å². The molecule has 0 aromatic carbocycles. The minimum absolute atomic E-state index is 0.290. The molecule has 1 amide bonds. The van der Waals surface area contributed by atoms with E-state index >= 15 is 0 Å². The predicted octanol–water partition coefficient (Wildman–Crippen LogP) is 1.55. The topological polar surface area (TPSA) is 43.1 Å². The number of rotatable bonds is 5. The summed E-state index contributed by atoms with van der Waals surface area (Å²) in [5.74, 6) is -0.290. The third-order valence-electron chi connectivity index (χ3n) is 1.25. The Balaban J connectivity index is 3.88. The maximum absolute atomic E-state index is 10.4. The maximum Gasteiger partial charge on any atom is 0.217 e. The Kier molecular flexibility index (Phi) is 4.82. The summed E-state index contributed by atoms with van der Waals surface area (Å²) in [6.45, 7) is 7.12. The van der Waals surface area contributed by atoms with E-state index in [0.717, 1.165) is 5.57 Å². The highest BCUT2D eigenvalue weighted by Gasteiger charge is 1.95. The molecule has 0 saturated carbocycles. The molecule has 0 unspecified atom stereocenters. The van der Waals surface area contributed by atoms with Crippen molar-refractivity contribution < 1.29 is 4.79 Å². The predicted molar refractivity (Wildman–Crippen MR) is 46.9 cm³/mol. The summed E-state index contributed by atoms with van der Waals surface area (Å²) in [5.41, 5.74) is 5.95. The summed E-state index contributed by atoms with van der Waals surface area (Å²) < 4.78 is 0. The van der Waals surface area contributed by atoms with Crippen LogP contribution in [0.3, 0.4) is 0 Å². The van der Waals surface area contributed by atoms with E-state index in [2.05, 4.69) is 13.2 Å². The first-order chi connectivity index (χ1) is 5.20. The van der Waals surface area contributed by atoms with Crippen molar-refractivity contribution in [1.29, 1.82) is 0 Å². The number of allylic oxidation sites excluding steroid dienone is 4. The molecule has 60 valence electrons. The van der Waals surface area contributed by atoms with Gasteiger partial charge in [0.2, 0.25) is 5.91 Å². The molecule has 0 aromatic heterocycles. The van der Waals surface area contributed by atoms with Crippen LogP contribution in [0.25, 0.3) is 0 Å². The van der Waals surface area contributed by atoms with E-state index in [1.165, 1.54) is 0 Å². The molecule has 0 fully saturated rings. The molecule has 0 rings (SSSR count). The van der Waals surface area contributed by atoms with E-state index in [-0.39, 0.29) is 5.91 Å². The molecule has 0 heterocycles. The van der Waals surface area contributed by atoms with Crippen LogP contribution in [0.15, 0.2) is 37.0 Å². The lowest BCUT2D eigenvalue weighted by molar-refractivity contribution is -0.117. The molecule has 0 aliphatic heterocycles. The summed E-state index contributed by atoms with van der Waals surface area (Å²) >= 11 is 0. The molecule has 11 heavy (non-hydrogen) atoms. The first-order valence-electron chi connectivity index (χ1n) is 3.43. The average Bonchev–Trinajstić information content (AvgIpc) is 1.97. The van der Waals surface area contributed by atoms with Gasteiger partial charge in [-0.25, -0.2) is 0 Å². The van der Waals surface area contributed by atoms with Crippen LogP contribution in [-0.4, -0.2) is 5.91 Å². The van der Waals surface area contributed by atoms with Crippen LogP contribution < -0.4 is 5.73 Å². The van der Waals surface area contributed by atoms with Crippen molar-refractivity contribution in [2.24, 2.45) is 5.73 Å². The number of hydrogen-bond acceptors (Lipinski definition) is 1. The van der Waals surface area contributed by atoms with E-state index in [1.54, 1.807) is 12.2 Å². The van der Waals surface area contributed by atoms with Gasteiger partial charge < -0.3 is 5.73 Å². The monoisotopic (exact) mass is 151 g/mol. The zero-order valence-electron chi connectivity index (χ0n) is 6.55. The van der Waals surface area contributed by atoms with Crippen molar-refractivity contribution in [2.45, 2.75) is 12.8 Å². The van der Waals surface area contributed by atoms with Crippen LogP contribution in [0.1, 0.15) is 12.8 Å². The van der Waals surface area contributed by atoms with Gasteiger partial charge in [0.1, 0.15) is 0 Å². The average molecular weight is 151 g/mol. The van der Waals surface area contributed by atoms with Crippen LogP contribution in [0.4, 0.5) is 0 Å². The lowest BCUT2D eigenvalue weighted by atomic mass is 10.1. The van der Waals surface area contributed by atoms with Gasteiger partial charge in [-0.15, -0.1) is 0 Å². The van der Waals surface area contributed by atoms with Crippen molar-refractivity contribution in [3.63, 3.8) is 0 Å². The molecule has 0 aliphatic rings. The summed E-state index contributed by atoms with van der Waals surface area (Å²) in [5, 5.41) is 0. The number of carbonyl (C=O) groups excluding carboxylic acids is 1. The highest BCUT2D eigenvalue weighted by molar-refractivity contribution is 5.74. The second-order valence-corrected chi connectivity index (χ2v) is 2.15. The Morgan fingerprint density at radius 3 is 2.36 bits per heavy atom. The standard InChI is InChI=1S/C9H13NO/c1-3-5-8(4-2)6-7-9(10)11/h3-5H,1-2,6-7H2,(H2,10,11)/b8-5+. The number of carbonyl (C=O) groups is 1. The Hall–Kier alpha value is -1.31. The minimum Gasteiger partial charge on any atom is -0.370 e. The van der Waals surface area contributed by atoms with Gasteiger partial charge in [-0.05, 0) is 12.0 Å². The van der Waals surface area contributed by atoms with Crippen LogP contribution in [0.2, 0.25) is 0 Å². The molecule has 0 saturated heterocycles. The molecular weight excluding hydrogens is 138 g/mol. The zero-order chi connectivity index (χ0) is 8.69. The molecule has 2 nitrogen and oxygen atoms in total. The SMILES string of the molecule is C=C/C=C(\C=C)CCC(N)=O. The third kappa shape index (κ3) is 5.15. The van der Waals surface area contributed by atoms with Crippen LogP contribution in [0, 0.1) is 0 Å². The van der Waals surface area contributed by atoms with Crippen LogP contribution in [0.5, 0.6) is 0 Å². The van der Waals surface area contributed by atoms with Gasteiger partial charge in [-0.1, -0.05) is 31.4 Å². The van der Waals surface area contributed by atoms with E-state index in [4.69, 9.17) is 5.73 Å². The van der Waals surface area contributed by atoms with Gasteiger partial charge in [0, 0.05) is 6.42 Å². The van der Waals surface area contributed by atoms with E-state index in [1.807, 2.05) is 6.08 Å². The number of hydrogen-bond donors (Lipinski definition) is 1. The second-order valence-electron chi connectivity index (χ2n) is 2.15. The Labute approximate surface area is 67.1 Å². The molecule has 2 N–H and O–H groups in total. The van der Waals surface area contributed by atoms with Crippen molar-refractivity contribution in [2.75, 3.05) is 0 Å². The number of nitrogens with two attached hydrogens (primary N) is 1. The largest absolute Gasteiger partial charge is 0.370 e. The highest BCUT2D eigenvalue weighted by Crippen LogP contribution is 2.05. The molecule has 0 aromatic rings. The first kappa shape index (κ1) is 9.69. The van der Waals surface area contributed by atoms with Gasteiger partial charge in [-0.3, -0.25) is 4.79 Å². The summed E-state index contributed by atoms with van der Waals surface area (Å²) in [6, 6.07) is 0. The second kappa shape index (κ2) is 5.47. The van der Waals surface area contributed by atoms with E-state index in [0.29, 0.717) is 12.8 Å². The lowest BCUT2D eigenvalue weighted by Gasteiger charge is -1.96. The zero-order valence-corrected chi connectivity index (χ0v) is 6.55. The molecule has 0 radical (unpaired) electrons. The van der Waals surface area contributed by atoms with Crippen molar-refractivity contribution >= 4 is 5.91 Å². The molecule has 0 atom stereocenters. The van der Waals surface area contributed by atoms with Crippen molar-refractivity contribution in [3.05, 3.63) is 37.0 Å². The Bertz CT molecular complexity index is 192. The molecule has 0 aliphatic carbocycles. The van der Waals surface area contributed by atoms with Gasteiger partial charge in [-0.2, -0.15) is 0 Å². The molecule has 0 bridgehead atoms. The fourth-order valence-corrected chi connectivity index (χ4v) is 0.672. The van der Waals surface area contributed by atoms with Crippen LogP contribution in [-0.2, 0) is 4.79 Å². The smallest absolute Gasteiger partial charge is 0.217 e. The first-order valence-corrected chi connectivity index (χ1v) is 3.43. The van der Waals surface area contributed by atoms with E-state index < -0.39 is 0 Å². The Morgan fingerprint density at radius 2 is 2.00 bits per heavy atom. The van der Waals surface area contributed by atoms with Gasteiger partial charge in [0.05, 0.1) is 0 Å². The number of primary amides is 1. The highest BCUT2D eigenvalue weighted by atomic mass is 16.1. The lowest BCUT2D eigenvalue weighted by Crippen LogP contribution is -2.09. The quantitative estimate of drug-likeness (QED) is 0.595. The van der Waals surface area contributed by atoms with Gasteiger partial charge in [0.25, 0.3) is 0 Å². The summed E-state index contributed by atoms with van der Waals surface area (Å²) in [7, 11) is 0. The van der Waals surface area contributed by atoms with Gasteiger partial charge >= 0.3 is 0 Å². The number of amides is 1. The van der Waals surface area contributed by atoms with Crippen LogP contribution >= 0.6 is 0 Å². The van der Waals surface area contributed by atoms with Crippen molar-refractivity contribution in [1.82, 2.24) is 0 Å². The fraction of sp³-hybridized carbons (Fsp3) is 0.222. The summed E-state index contributed by atoms with van der Waals surface area (Å²) in [4.78, 5) is 10.4. The molecule has 2 heteroatoms. The minimum atomic E-state index is -0.290. The Morgan fingerprint density at radius 1 is 1.36 bits per heavy atom. The third-order valence-corrected chi connectivity index (χ3v) is 1.25. The molecule has 0 spiro atoms. The van der Waals surface area contributed by atoms with Gasteiger partial charge in [0.15, 0.2) is 0 Å². The summed E-state index contributed by atoms with van der Waals surface area (Å²) in [6.07, 6.45) is 6.19. The normalized spacial score (nSPS) is 10.7. The fourth-order valence-electron chi connectivity index (χ4n) is 0.672. The maximum atomic E-state index is 10.4.